The number of benzene rings is 1. The van der Waals surface area contributed by atoms with Gasteiger partial charge in [0, 0.05) is 16.6 Å². The molecule has 0 saturated heterocycles. The second-order valence-electron chi connectivity index (χ2n) is 3.31. The summed E-state index contributed by atoms with van der Waals surface area (Å²) in [5.41, 5.74) is 1.06. The van der Waals surface area contributed by atoms with Gasteiger partial charge in [-0.05, 0) is 12.6 Å². The second kappa shape index (κ2) is 6.94. The van der Waals surface area contributed by atoms with Crippen LogP contribution >= 0.6 is 27.5 Å². The molecule has 1 N–H and O–H groups in total. The normalized spacial score (nSPS) is 10.2. The van der Waals surface area contributed by atoms with Gasteiger partial charge in [0.2, 0.25) is 0 Å². The van der Waals surface area contributed by atoms with Crippen LogP contribution < -0.4 is 10.1 Å². The number of rotatable bonds is 6. The molecular weight excluding hydrogens is 289 g/mol. The predicted molar refractivity (Wildman–Crippen MR) is 72.4 cm³/mol. The van der Waals surface area contributed by atoms with E-state index in [0.29, 0.717) is 11.6 Å². The molecule has 0 radical (unpaired) electrons. The second-order valence-corrected chi connectivity index (χ2v) is 4.84. The first kappa shape index (κ1) is 13.6. The zero-order valence-electron chi connectivity index (χ0n) is 9.22. The van der Waals surface area contributed by atoms with Crippen LogP contribution in [-0.2, 0) is 6.54 Å². The van der Waals surface area contributed by atoms with Crippen LogP contribution in [0.25, 0.3) is 0 Å². The number of nitrogens with one attached hydrogen (secondary N) is 1. The molecule has 0 unspecified atom stereocenters. The Hall–Kier alpha value is -0.510. The molecule has 16 heavy (non-hydrogen) atoms. The van der Waals surface area contributed by atoms with Crippen LogP contribution in [0.1, 0.15) is 12.5 Å². The Morgan fingerprint density at radius 1 is 1.56 bits per heavy atom. The lowest BCUT2D eigenvalue weighted by molar-refractivity contribution is 0.356. The predicted octanol–water partition coefficient (Wildman–Crippen LogP) is 3.74. The molecule has 88 valence electrons. The molecule has 0 aliphatic heterocycles. The first-order valence-electron chi connectivity index (χ1n) is 5.09. The molecule has 0 aromatic heterocycles. The molecule has 0 aliphatic rings. The quantitative estimate of drug-likeness (QED) is 0.864. The van der Waals surface area contributed by atoms with E-state index in [-0.39, 0.29) is 0 Å². The molecule has 2 nitrogen and oxygen atoms in total. The molecular formula is C12H15BrClNO. The first-order valence-corrected chi connectivity index (χ1v) is 6.26. The fourth-order valence-corrected chi connectivity index (χ4v) is 1.63. The lowest BCUT2D eigenvalue weighted by Crippen LogP contribution is -2.13. The summed E-state index contributed by atoms with van der Waals surface area (Å²) >= 11 is 9.35. The van der Waals surface area contributed by atoms with E-state index in [9.17, 15) is 0 Å². The van der Waals surface area contributed by atoms with E-state index in [0.717, 1.165) is 28.9 Å². The zero-order chi connectivity index (χ0) is 12.0. The smallest absolute Gasteiger partial charge is 0.142 e. The molecule has 0 amide bonds. The van der Waals surface area contributed by atoms with Crippen LogP contribution in [0.2, 0.25) is 5.02 Å². The largest absolute Gasteiger partial charge is 0.486 e. The van der Waals surface area contributed by atoms with Gasteiger partial charge in [0.05, 0.1) is 5.02 Å². The van der Waals surface area contributed by atoms with E-state index < -0.39 is 0 Å². The molecule has 0 atom stereocenters. The van der Waals surface area contributed by atoms with Crippen LogP contribution in [0.4, 0.5) is 0 Å². The number of hydrogen-bond acceptors (Lipinski definition) is 2. The monoisotopic (exact) mass is 303 g/mol. The van der Waals surface area contributed by atoms with Crippen LogP contribution in [0, 0.1) is 0 Å². The van der Waals surface area contributed by atoms with E-state index in [4.69, 9.17) is 16.3 Å². The van der Waals surface area contributed by atoms with Crippen molar-refractivity contribution in [3.05, 3.63) is 39.8 Å². The Bertz CT molecular complexity index is 368. The Labute approximate surface area is 110 Å². The van der Waals surface area contributed by atoms with Crippen molar-refractivity contribution in [3.63, 3.8) is 0 Å². The van der Waals surface area contributed by atoms with Crippen LogP contribution in [-0.4, -0.2) is 13.2 Å². The summed E-state index contributed by atoms with van der Waals surface area (Å²) in [7, 11) is 0. The number of halogens is 2. The van der Waals surface area contributed by atoms with Crippen molar-refractivity contribution in [2.75, 3.05) is 13.2 Å². The first-order chi connectivity index (χ1) is 7.65. The fourth-order valence-electron chi connectivity index (χ4n) is 1.26. The third kappa shape index (κ3) is 4.16. The Morgan fingerprint density at radius 3 is 2.94 bits per heavy atom. The maximum atomic E-state index is 6.09. The highest BCUT2D eigenvalue weighted by atomic mass is 79.9. The van der Waals surface area contributed by atoms with Crippen molar-refractivity contribution in [2.24, 2.45) is 0 Å². The lowest BCUT2D eigenvalue weighted by Gasteiger charge is -2.12. The molecule has 0 fully saturated rings. The van der Waals surface area contributed by atoms with Crippen molar-refractivity contribution in [3.8, 4) is 5.75 Å². The van der Waals surface area contributed by atoms with Crippen molar-refractivity contribution in [2.45, 2.75) is 13.5 Å². The molecule has 4 heteroatoms. The molecule has 0 spiro atoms. The maximum absolute atomic E-state index is 6.09. The van der Waals surface area contributed by atoms with Crippen molar-refractivity contribution in [1.82, 2.24) is 5.32 Å². The van der Waals surface area contributed by atoms with Crippen LogP contribution in [0.5, 0.6) is 5.75 Å². The van der Waals surface area contributed by atoms with E-state index in [1.54, 1.807) is 0 Å². The van der Waals surface area contributed by atoms with E-state index in [1.807, 2.05) is 18.2 Å². The third-order valence-electron chi connectivity index (χ3n) is 1.99. The minimum absolute atomic E-state index is 0.420. The van der Waals surface area contributed by atoms with Gasteiger partial charge in [-0.2, -0.15) is 0 Å². The highest BCUT2D eigenvalue weighted by Crippen LogP contribution is 2.29. The molecule has 0 aliphatic carbocycles. The van der Waals surface area contributed by atoms with Crippen LogP contribution in [0.3, 0.4) is 0 Å². The molecule has 0 bridgehead atoms. The Kier molecular flexibility index (Phi) is 5.88. The molecule has 1 aromatic rings. The minimum Gasteiger partial charge on any atom is -0.486 e. The van der Waals surface area contributed by atoms with Gasteiger partial charge in [-0.25, -0.2) is 0 Å². The fraction of sp³-hybridized carbons (Fsp3) is 0.333. The van der Waals surface area contributed by atoms with Gasteiger partial charge in [-0.1, -0.05) is 53.2 Å². The van der Waals surface area contributed by atoms with Gasteiger partial charge in [0.1, 0.15) is 12.4 Å². The van der Waals surface area contributed by atoms with Crippen molar-refractivity contribution < 1.29 is 4.74 Å². The van der Waals surface area contributed by atoms with E-state index in [1.165, 1.54) is 0 Å². The molecule has 1 aromatic carbocycles. The van der Waals surface area contributed by atoms with Crippen LogP contribution in [0.15, 0.2) is 29.3 Å². The average molecular weight is 305 g/mol. The number of hydrogen-bond donors (Lipinski definition) is 1. The summed E-state index contributed by atoms with van der Waals surface area (Å²) in [6.07, 6.45) is 0. The third-order valence-corrected chi connectivity index (χ3v) is 2.51. The summed E-state index contributed by atoms with van der Waals surface area (Å²) < 4.78 is 6.40. The zero-order valence-corrected chi connectivity index (χ0v) is 11.6. The Balaban J connectivity index is 2.80. The molecule has 1 rings (SSSR count). The highest BCUT2D eigenvalue weighted by Gasteiger charge is 2.07. The van der Waals surface area contributed by atoms with Gasteiger partial charge in [-0.15, -0.1) is 0 Å². The summed E-state index contributed by atoms with van der Waals surface area (Å²) in [4.78, 5) is 0. The van der Waals surface area contributed by atoms with Crippen molar-refractivity contribution >= 4 is 27.5 Å². The molecule has 0 saturated carbocycles. The van der Waals surface area contributed by atoms with Crippen molar-refractivity contribution in [1.29, 1.82) is 0 Å². The van der Waals surface area contributed by atoms with Gasteiger partial charge in [0.15, 0.2) is 0 Å². The number of ether oxygens (including phenoxy) is 1. The van der Waals surface area contributed by atoms with E-state index >= 15 is 0 Å². The van der Waals surface area contributed by atoms with Gasteiger partial charge in [-0.3, -0.25) is 0 Å². The SMILES string of the molecule is C=C(Br)COc1c(Cl)cccc1CNCC. The lowest BCUT2D eigenvalue weighted by atomic mass is 10.2. The summed E-state index contributed by atoms with van der Waals surface area (Å²) in [5.74, 6) is 0.728. The standard InChI is InChI=1S/C12H15BrClNO/c1-3-15-7-10-5-4-6-11(14)12(10)16-8-9(2)13/h4-6,15H,2-3,7-8H2,1H3. The Morgan fingerprint density at radius 2 is 2.31 bits per heavy atom. The summed E-state index contributed by atoms with van der Waals surface area (Å²) in [6.45, 7) is 7.87. The summed E-state index contributed by atoms with van der Waals surface area (Å²) in [6, 6.07) is 5.75. The average Bonchev–Trinajstić information content (AvgIpc) is 2.24. The minimum atomic E-state index is 0.420. The van der Waals surface area contributed by atoms with Gasteiger partial charge >= 0.3 is 0 Å². The molecule has 0 heterocycles. The summed E-state index contributed by atoms with van der Waals surface area (Å²) in [5, 5.41) is 3.88. The van der Waals surface area contributed by atoms with Gasteiger partial charge in [0.25, 0.3) is 0 Å². The topological polar surface area (TPSA) is 21.3 Å². The van der Waals surface area contributed by atoms with E-state index in [2.05, 4.69) is 34.7 Å². The number of para-hydroxylation sites is 1. The maximum Gasteiger partial charge on any atom is 0.142 e. The van der Waals surface area contributed by atoms with Gasteiger partial charge < -0.3 is 10.1 Å². The highest BCUT2D eigenvalue weighted by molar-refractivity contribution is 9.11.